The highest BCUT2D eigenvalue weighted by atomic mass is 32.2. The van der Waals surface area contributed by atoms with Crippen molar-refractivity contribution in [3.05, 3.63) is 11.4 Å². The largest absolute Gasteiger partial charge is 0.476 e. The van der Waals surface area contributed by atoms with Crippen LogP contribution in [0.15, 0.2) is 4.90 Å². The molecule has 0 radical (unpaired) electrons. The molecule has 7 nitrogen and oxygen atoms in total. The fourth-order valence-electron chi connectivity index (χ4n) is 2.10. The van der Waals surface area contributed by atoms with E-state index in [1.54, 1.807) is 6.92 Å². The standard InChI is InChI=1S/C10H15N3O4S/c1-7-9(8(10(14)15)11-12(7)2)18(16,17)13-5-3-4-6-13/h3-6H2,1-2H3,(H,14,15). The number of nitrogens with zero attached hydrogens (tertiary/aromatic N) is 3. The van der Waals surface area contributed by atoms with E-state index in [4.69, 9.17) is 5.11 Å². The van der Waals surface area contributed by atoms with Crippen molar-refractivity contribution in [2.45, 2.75) is 24.7 Å². The minimum atomic E-state index is -3.76. The van der Waals surface area contributed by atoms with Crippen LogP contribution in [0.4, 0.5) is 0 Å². The first kappa shape index (κ1) is 13.0. The third-order valence-electron chi connectivity index (χ3n) is 3.14. The van der Waals surface area contributed by atoms with Gasteiger partial charge in [0, 0.05) is 20.1 Å². The van der Waals surface area contributed by atoms with E-state index in [9.17, 15) is 13.2 Å². The molecule has 0 spiro atoms. The SMILES string of the molecule is Cc1c(S(=O)(=O)N2CCCC2)c(C(=O)O)nn1C. The Morgan fingerprint density at radius 2 is 1.89 bits per heavy atom. The van der Waals surface area contributed by atoms with E-state index in [0.717, 1.165) is 12.8 Å². The first-order chi connectivity index (χ1) is 8.35. The van der Waals surface area contributed by atoms with Crippen LogP contribution in [0.5, 0.6) is 0 Å². The smallest absolute Gasteiger partial charge is 0.357 e. The second kappa shape index (κ2) is 4.36. The zero-order valence-corrected chi connectivity index (χ0v) is 11.1. The van der Waals surface area contributed by atoms with Gasteiger partial charge in [0.2, 0.25) is 10.0 Å². The lowest BCUT2D eigenvalue weighted by Gasteiger charge is -2.15. The van der Waals surface area contributed by atoms with Gasteiger partial charge in [-0.2, -0.15) is 9.40 Å². The molecule has 1 aliphatic heterocycles. The van der Waals surface area contributed by atoms with Crippen LogP contribution in [0, 0.1) is 6.92 Å². The van der Waals surface area contributed by atoms with Gasteiger partial charge in [0.05, 0.1) is 5.69 Å². The maximum Gasteiger partial charge on any atom is 0.357 e. The van der Waals surface area contributed by atoms with Crippen molar-refractivity contribution in [2.24, 2.45) is 7.05 Å². The lowest BCUT2D eigenvalue weighted by molar-refractivity contribution is 0.0685. The number of sulfonamides is 1. The van der Waals surface area contributed by atoms with E-state index in [2.05, 4.69) is 5.10 Å². The Balaban J connectivity index is 2.59. The lowest BCUT2D eigenvalue weighted by atomic mass is 10.4. The van der Waals surface area contributed by atoms with Crippen molar-refractivity contribution in [3.63, 3.8) is 0 Å². The number of hydrogen-bond acceptors (Lipinski definition) is 4. The number of aromatic carboxylic acids is 1. The van der Waals surface area contributed by atoms with Gasteiger partial charge >= 0.3 is 5.97 Å². The van der Waals surface area contributed by atoms with Gasteiger partial charge in [-0.15, -0.1) is 0 Å². The second-order valence-electron chi connectivity index (χ2n) is 4.30. The monoisotopic (exact) mass is 273 g/mol. The summed E-state index contributed by atoms with van der Waals surface area (Å²) >= 11 is 0. The third-order valence-corrected chi connectivity index (χ3v) is 5.19. The number of hydrogen-bond donors (Lipinski definition) is 1. The highest BCUT2D eigenvalue weighted by Crippen LogP contribution is 2.26. The molecule has 2 heterocycles. The summed E-state index contributed by atoms with van der Waals surface area (Å²) in [5.74, 6) is -1.32. The van der Waals surface area contributed by atoms with Crippen LogP contribution in [-0.4, -0.2) is 46.7 Å². The first-order valence-corrected chi connectivity index (χ1v) is 7.06. The van der Waals surface area contributed by atoms with E-state index in [1.807, 2.05) is 0 Å². The van der Waals surface area contributed by atoms with Crippen LogP contribution in [0.3, 0.4) is 0 Å². The molecular formula is C10H15N3O4S. The number of carboxylic acid groups (broad SMARTS) is 1. The molecule has 0 aliphatic carbocycles. The molecule has 1 aliphatic rings. The highest BCUT2D eigenvalue weighted by Gasteiger charge is 2.35. The Kier molecular flexibility index (Phi) is 3.16. The van der Waals surface area contributed by atoms with E-state index < -0.39 is 21.7 Å². The summed E-state index contributed by atoms with van der Waals surface area (Å²) in [5.41, 5.74) is -0.0544. The molecule has 0 unspecified atom stereocenters. The number of aryl methyl sites for hydroxylation is 1. The average molecular weight is 273 g/mol. The molecule has 1 aromatic rings. The second-order valence-corrected chi connectivity index (χ2v) is 6.18. The molecule has 0 amide bonds. The maximum atomic E-state index is 12.4. The third kappa shape index (κ3) is 1.91. The molecule has 1 N–H and O–H groups in total. The van der Waals surface area contributed by atoms with E-state index in [-0.39, 0.29) is 4.90 Å². The Morgan fingerprint density at radius 3 is 2.39 bits per heavy atom. The van der Waals surface area contributed by atoms with Crippen LogP contribution in [0.1, 0.15) is 29.0 Å². The van der Waals surface area contributed by atoms with Crippen LogP contribution >= 0.6 is 0 Å². The summed E-state index contributed by atoms with van der Waals surface area (Å²) in [6.07, 6.45) is 1.61. The fraction of sp³-hybridized carbons (Fsp3) is 0.600. The normalized spacial score (nSPS) is 17.2. The summed E-state index contributed by atoms with van der Waals surface area (Å²) in [6, 6.07) is 0. The molecule has 0 atom stereocenters. The average Bonchev–Trinajstić information content (AvgIpc) is 2.88. The topological polar surface area (TPSA) is 92.5 Å². The summed E-state index contributed by atoms with van der Waals surface area (Å²) in [5, 5.41) is 12.8. The maximum absolute atomic E-state index is 12.4. The lowest BCUT2D eigenvalue weighted by Crippen LogP contribution is -2.29. The van der Waals surface area contributed by atoms with Gasteiger partial charge in [-0.3, -0.25) is 4.68 Å². The predicted octanol–water partition coefficient (Wildman–Crippen LogP) is 0.211. The van der Waals surface area contributed by atoms with Gasteiger partial charge in [-0.25, -0.2) is 13.2 Å². The summed E-state index contributed by atoms with van der Waals surface area (Å²) in [4.78, 5) is 10.9. The Labute approximate surface area is 105 Å². The summed E-state index contributed by atoms with van der Waals surface area (Å²) in [7, 11) is -2.22. The van der Waals surface area contributed by atoms with Gasteiger partial charge in [-0.05, 0) is 19.8 Å². The van der Waals surface area contributed by atoms with E-state index in [1.165, 1.54) is 16.0 Å². The molecule has 2 rings (SSSR count). The zero-order chi connectivity index (χ0) is 13.5. The number of rotatable bonds is 3. The van der Waals surface area contributed by atoms with Crippen molar-refractivity contribution in [1.29, 1.82) is 0 Å². The molecule has 18 heavy (non-hydrogen) atoms. The van der Waals surface area contributed by atoms with Crippen LogP contribution in [-0.2, 0) is 17.1 Å². The van der Waals surface area contributed by atoms with Crippen molar-refractivity contribution in [2.75, 3.05) is 13.1 Å². The number of carboxylic acids is 1. The Hall–Kier alpha value is -1.41. The Morgan fingerprint density at radius 1 is 1.33 bits per heavy atom. The zero-order valence-electron chi connectivity index (χ0n) is 10.3. The van der Waals surface area contributed by atoms with E-state index >= 15 is 0 Å². The summed E-state index contributed by atoms with van der Waals surface area (Å²) < 4.78 is 27.4. The van der Waals surface area contributed by atoms with Crippen LogP contribution in [0.25, 0.3) is 0 Å². The molecule has 0 bridgehead atoms. The van der Waals surface area contributed by atoms with Crippen molar-refractivity contribution < 1.29 is 18.3 Å². The first-order valence-electron chi connectivity index (χ1n) is 5.62. The van der Waals surface area contributed by atoms with Crippen molar-refractivity contribution >= 4 is 16.0 Å². The van der Waals surface area contributed by atoms with Crippen molar-refractivity contribution in [3.8, 4) is 0 Å². The quantitative estimate of drug-likeness (QED) is 0.850. The summed E-state index contributed by atoms with van der Waals surface area (Å²) in [6.45, 7) is 2.44. The van der Waals surface area contributed by atoms with E-state index in [0.29, 0.717) is 18.8 Å². The van der Waals surface area contributed by atoms with Gasteiger partial charge in [0.15, 0.2) is 5.69 Å². The van der Waals surface area contributed by atoms with Crippen LogP contribution in [0.2, 0.25) is 0 Å². The van der Waals surface area contributed by atoms with Gasteiger partial charge in [0.25, 0.3) is 0 Å². The number of aromatic nitrogens is 2. The fourth-order valence-corrected chi connectivity index (χ4v) is 3.97. The molecule has 100 valence electrons. The Bertz CT molecular complexity index is 585. The number of carbonyl (C=O) groups is 1. The minimum Gasteiger partial charge on any atom is -0.476 e. The molecular weight excluding hydrogens is 258 g/mol. The van der Waals surface area contributed by atoms with Crippen LogP contribution < -0.4 is 0 Å². The van der Waals surface area contributed by atoms with Gasteiger partial charge in [-0.1, -0.05) is 0 Å². The minimum absolute atomic E-state index is 0.181. The molecule has 1 saturated heterocycles. The highest BCUT2D eigenvalue weighted by molar-refractivity contribution is 7.89. The van der Waals surface area contributed by atoms with Gasteiger partial charge in [0.1, 0.15) is 4.90 Å². The molecule has 8 heteroatoms. The van der Waals surface area contributed by atoms with Crippen molar-refractivity contribution in [1.82, 2.24) is 14.1 Å². The molecule has 1 aromatic heterocycles. The molecule has 0 aromatic carbocycles. The molecule has 0 saturated carbocycles. The molecule has 1 fully saturated rings. The van der Waals surface area contributed by atoms with Gasteiger partial charge < -0.3 is 5.11 Å². The predicted molar refractivity (Wildman–Crippen MR) is 62.9 cm³/mol.